The highest BCUT2D eigenvalue weighted by Gasteiger charge is 2.12. The molecular weight excluding hydrogens is 312 g/mol. The molecule has 4 heterocycles. The Morgan fingerprint density at radius 3 is 3.04 bits per heavy atom. The van der Waals surface area contributed by atoms with Crippen molar-refractivity contribution < 1.29 is 4.79 Å². The first-order valence-corrected chi connectivity index (χ1v) is 7.04. The first-order valence-electron chi connectivity index (χ1n) is 7.04. The van der Waals surface area contributed by atoms with Gasteiger partial charge in [-0.1, -0.05) is 0 Å². The number of H-pyrrole nitrogens is 1. The van der Waals surface area contributed by atoms with Crippen molar-refractivity contribution in [3.63, 3.8) is 0 Å². The molecule has 10 nitrogen and oxygen atoms in total. The van der Waals surface area contributed by atoms with E-state index < -0.39 is 0 Å². The molecule has 3 N–H and O–H groups in total. The minimum absolute atomic E-state index is 0.116. The van der Waals surface area contributed by atoms with Crippen molar-refractivity contribution in [2.24, 2.45) is 7.05 Å². The van der Waals surface area contributed by atoms with Crippen molar-refractivity contribution in [3.8, 4) is 0 Å². The van der Waals surface area contributed by atoms with Crippen molar-refractivity contribution in [2.75, 3.05) is 5.43 Å². The number of carbonyl (C=O) groups excluding carboxylic acids is 1. The normalized spacial score (nSPS) is 11.0. The Morgan fingerprint density at radius 2 is 2.17 bits per heavy atom. The van der Waals surface area contributed by atoms with Crippen LogP contribution in [0.25, 0.3) is 16.6 Å². The van der Waals surface area contributed by atoms with Crippen LogP contribution in [0.3, 0.4) is 0 Å². The summed E-state index contributed by atoms with van der Waals surface area (Å²) in [6.45, 7) is 0. The van der Waals surface area contributed by atoms with Gasteiger partial charge in [-0.3, -0.25) is 30.1 Å². The molecule has 0 aliphatic heterocycles. The van der Waals surface area contributed by atoms with E-state index in [-0.39, 0.29) is 17.4 Å². The number of hydrogen-bond acceptors (Lipinski definition) is 6. The van der Waals surface area contributed by atoms with E-state index in [1.54, 1.807) is 42.2 Å². The maximum Gasteiger partial charge on any atom is 0.271 e. The molecule has 10 heteroatoms. The Balaban J connectivity index is 1.61. The molecule has 24 heavy (non-hydrogen) atoms. The molecule has 0 aliphatic carbocycles. The second-order valence-corrected chi connectivity index (χ2v) is 5.08. The van der Waals surface area contributed by atoms with Crippen LogP contribution < -0.4 is 16.4 Å². The number of pyridine rings is 1. The summed E-state index contributed by atoms with van der Waals surface area (Å²) in [6.07, 6.45) is 4.79. The van der Waals surface area contributed by atoms with Gasteiger partial charge in [-0.15, -0.1) is 0 Å². The van der Waals surface area contributed by atoms with E-state index in [0.29, 0.717) is 22.1 Å². The number of hydrogen-bond donors (Lipinski definition) is 3. The number of aryl methyl sites for hydroxylation is 1. The number of anilines is 1. The molecule has 0 unspecified atom stereocenters. The SMILES string of the molecule is Cn1ncc2c(=O)[nH]c(NNC(=O)c3cccn4nccc34)nc21. The molecule has 4 aromatic rings. The lowest BCUT2D eigenvalue weighted by Gasteiger charge is -2.08. The monoisotopic (exact) mass is 324 g/mol. The summed E-state index contributed by atoms with van der Waals surface area (Å²) in [5.41, 5.74) is 6.29. The van der Waals surface area contributed by atoms with Gasteiger partial charge in [0, 0.05) is 13.2 Å². The second kappa shape index (κ2) is 5.19. The van der Waals surface area contributed by atoms with Crippen LogP contribution in [-0.2, 0) is 7.05 Å². The van der Waals surface area contributed by atoms with Crippen LogP contribution in [0.5, 0.6) is 0 Å². The van der Waals surface area contributed by atoms with Crippen molar-refractivity contribution >= 4 is 28.4 Å². The highest BCUT2D eigenvalue weighted by atomic mass is 16.2. The van der Waals surface area contributed by atoms with E-state index in [1.165, 1.54) is 10.9 Å². The highest BCUT2D eigenvalue weighted by molar-refractivity contribution is 6.01. The Morgan fingerprint density at radius 1 is 1.29 bits per heavy atom. The standard InChI is InChI=1S/C14H12N8O2/c1-21-11-9(7-16-21)12(23)18-14(17-11)20-19-13(24)8-3-2-6-22-10(8)4-5-15-22/h2-7H,1H3,(H,19,24)(H2,17,18,20,23). The average molecular weight is 324 g/mol. The Labute approximate surface area is 134 Å². The number of rotatable bonds is 3. The Bertz CT molecular complexity index is 1120. The van der Waals surface area contributed by atoms with Gasteiger partial charge in [0.2, 0.25) is 5.95 Å². The van der Waals surface area contributed by atoms with Crippen LogP contribution in [0.4, 0.5) is 5.95 Å². The molecule has 0 fully saturated rings. The fourth-order valence-corrected chi connectivity index (χ4v) is 2.42. The lowest BCUT2D eigenvalue weighted by Crippen LogP contribution is -2.31. The van der Waals surface area contributed by atoms with Gasteiger partial charge in [-0.2, -0.15) is 15.2 Å². The fourth-order valence-electron chi connectivity index (χ4n) is 2.42. The molecule has 0 atom stereocenters. The topological polar surface area (TPSA) is 122 Å². The predicted molar refractivity (Wildman–Crippen MR) is 85.4 cm³/mol. The lowest BCUT2D eigenvalue weighted by atomic mass is 10.2. The molecule has 4 rings (SSSR count). The zero-order valence-electron chi connectivity index (χ0n) is 12.5. The minimum atomic E-state index is -0.381. The molecule has 0 spiro atoms. The Hall–Kier alpha value is -3.69. The van der Waals surface area contributed by atoms with Crippen LogP contribution in [-0.4, -0.2) is 35.3 Å². The first-order chi connectivity index (χ1) is 11.6. The summed E-state index contributed by atoms with van der Waals surface area (Å²) in [5, 5.41) is 8.43. The maximum atomic E-state index is 12.3. The second-order valence-electron chi connectivity index (χ2n) is 5.08. The molecule has 4 aromatic heterocycles. The van der Waals surface area contributed by atoms with Crippen molar-refractivity contribution in [1.29, 1.82) is 0 Å². The third kappa shape index (κ3) is 2.17. The van der Waals surface area contributed by atoms with Crippen LogP contribution in [0.2, 0.25) is 0 Å². The molecular formula is C14H12N8O2. The van der Waals surface area contributed by atoms with Gasteiger partial charge in [-0.25, -0.2) is 4.52 Å². The summed E-state index contributed by atoms with van der Waals surface area (Å²) >= 11 is 0. The highest BCUT2D eigenvalue weighted by Crippen LogP contribution is 2.10. The number of carbonyl (C=O) groups is 1. The fraction of sp³-hybridized carbons (Fsp3) is 0.0714. The number of aromatic nitrogens is 6. The largest absolute Gasteiger partial charge is 0.291 e. The zero-order valence-corrected chi connectivity index (χ0v) is 12.5. The third-order valence-electron chi connectivity index (χ3n) is 3.58. The third-order valence-corrected chi connectivity index (χ3v) is 3.58. The number of aromatic amines is 1. The van der Waals surface area contributed by atoms with E-state index in [1.807, 2.05) is 0 Å². The number of nitrogens with zero attached hydrogens (tertiary/aromatic N) is 5. The smallest absolute Gasteiger partial charge is 0.271 e. The van der Waals surface area contributed by atoms with Gasteiger partial charge in [-0.05, 0) is 18.2 Å². The summed E-state index contributed by atoms with van der Waals surface area (Å²) in [7, 11) is 1.68. The number of hydrazine groups is 1. The molecule has 0 saturated carbocycles. The quantitative estimate of drug-likeness (QED) is 0.458. The van der Waals surface area contributed by atoms with Crippen LogP contribution in [0, 0.1) is 0 Å². The summed E-state index contributed by atoms with van der Waals surface area (Å²) in [6, 6.07) is 5.13. The van der Waals surface area contributed by atoms with Crippen LogP contribution in [0.1, 0.15) is 10.4 Å². The molecule has 0 radical (unpaired) electrons. The van der Waals surface area contributed by atoms with E-state index in [2.05, 4.69) is 31.0 Å². The summed E-state index contributed by atoms with van der Waals surface area (Å²) < 4.78 is 3.07. The molecule has 0 aliphatic rings. The lowest BCUT2D eigenvalue weighted by molar-refractivity contribution is 0.0963. The van der Waals surface area contributed by atoms with Gasteiger partial charge >= 0.3 is 0 Å². The van der Waals surface area contributed by atoms with E-state index in [9.17, 15) is 9.59 Å². The number of amides is 1. The summed E-state index contributed by atoms with van der Waals surface area (Å²) in [5.74, 6) is -0.265. The van der Waals surface area contributed by atoms with Crippen molar-refractivity contribution in [1.82, 2.24) is 34.8 Å². The van der Waals surface area contributed by atoms with Gasteiger partial charge < -0.3 is 0 Å². The van der Waals surface area contributed by atoms with E-state index >= 15 is 0 Å². The molecule has 0 bridgehead atoms. The zero-order chi connectivity index (χ0) is 16.7. The maximum absolute atomic E-state index is 12.3. The average Bonchev–Trinajstić information content (AvgIpc) is 3.20. The van der Waals surface area contributed by atoms with E-state index in [0.717, 1.165) is 0 Å². The van der Waals surface area contributed by atoms with Crippen LogP contribution >= 0.6 is 0 Å². The van der Waals surface area contributed by atoms with Crippen LogP contribution in [0.15, 0.2) is 41.6 Å². The van der Waals surface area contributed by atoms with Gasteiger partial charge in [0.15, 0.2) is 5.65 Å². The van der Waals surface area contributed by atoms with Gasteiger partial charge in [0.1, 0.15) is 5.39 Å². The summed E-state index contributed by atoms with van der Waals surface area (Å²) in [4.78, 5) is 31.1. The number of nitrogens with one attached hydrogen (secondary N) is 3. The van der Waals surface area contributed by atoms with Gasteiger partial charge in [0.05, 0.1) is 23.5 Å². The molecule has 120 valence electrons. The minimum Gasteiger partial charge on any atom is -0.291 e. The Kier molecular flexibility index (Phi) is 3.02. The molecule has 0 saturated heterocycles. The molecule has 1 amide bonds. The van der Waals surface area contributed by atoms with Crippen molar-refractivity contribution in [3.05, 3.63) is 52.7 Å². The molecule has 0 aromatic carbocycles. The van der Waals surface area contributed by atoms with Gasteiger partial charge in [0.25, 0.3) is 11.5 Å². The predicted octanol–water partition coefficient (Wildman–Crippen LogP) is 0.0612. The first kappa shape index (κ1) is 13.9. The number of fused-ring (bicyclic) bond motifs is 2. The van der Waals surface area contributed by atoms with E-state index in [4.69, 9.17) is 0 Å². The van der Waals surface area contributed by atoms with Crippen molar-refractivity contribution in [2.45, 2.75) is 0 Å².